The van der Waals surface area contributed by atoms with Crippen LogP contribution in [-0.4, -0.2) is 18.1 Å². The summed E-state index contributed by atoms with van der Waals surface area (Å²) < 4.78 is 4.64. The van der Waals surface area contributed by atoms with Crippen LogP contribution in [0.25, 0.3) is 0 Å². The number of ether oxygens (including phenoxy) is 1. The second-order valence-electron chi connectivity index (χ2n) is 4.05. The Morgan fingerprint density at radius 1 is 1.50 bits per heavy atom. The highest BCUT2D eigenvalue weighted by molar-refractivity contribution is 7.07. The molecule has 0 fully saturated rings. The molecule has 1 atom stereocenters. The van der Waals surface area contributed by atoms with E-state index in [4.69, 9.17) is 0 Å². The Hall–Kier alpha value is -1.59. The van der Waals surface area contributed by atoms with E-state index in [1.807, 2.05) is 6.07 Å². The summed E-state index contributed by atoms with van der Waals surface area (Å²) in [5, 5.41) is 7.59. The lowest BCUT2D eigenvalue weighted by molar-refractivity contribution is 0.0594. The zero-order chi connectivity index (χ0) is 13.0. The largest absolute Gasteiger partial charge is 0.464 e. The average molecular weight is 264 g/mol. The molecule has 2 aromatic rings. The van der Waals surface area contributed by atoms with Crippen LogP contribution in [0.15, 0.2) is 29.0 Å². The standard InChI is InChI=1S/C13H16N2O2S/c1-9(10-5-6-18-8-10)14-7-11-3-4-12(15-11)13(16)17-2/h3-6,8-9,14-15H,7H2,1-2H3. The van der Waals surface area contributed by atoms with Gasteiger partial charge >= 0.3 is 5.97 Å². The first kappa shape index (κ1) is 12.9. The van der Waals surface area contributed by atoms with Crippen molar-refractivity contribution in [3.05, 3.63) is 45.9 Å². The molecular weight excluding hydrogens is 248 g/mol. The van der Waals surface area contributed by atoms with Gasteiger partial charge in [0.05, 0.1) is 7.11 Å². The predicted molar refractivity (Wildman–Crippen MR) is 71.7 cm³/mol. The number of carbonyl (C=O) groups excluding carboxylic acids is 1. The van der Waals surface area contributed by atoms with Gasteiger partial charge in [-0.15, -0.1) is 0 Å². The predicted octanol–water partition coefficient (Wildman–Crippen LogP) is 2.71. The van der Waals surface area contributed by atoms with E-state index >= 15 is 0 Å². The van der Waals surface area contributed by atoms with Gasteiger partial charge in [-0.1, -0.05) is 0 Å². The zero-order valence-electron chi connectivity index (χ0n) is 10.4. The molecule has 0 aromatic carbocycles. The minimum atomic E-state index is -0.341. The van der Waals surface area contributed by atoms with Crippen molar-refractivity contribution in [2.45, 2.75) is 19.5 Å². The highest BCUT2D eigenvalue weighted by Crippen LogP contribution is 2.16. The monoisotopic (exact) mass is 264 g/mol. The van der Waals surface area contributed by atoms with Crippen molar-refractivity contribution in [2.24, 2.45) is 0 Å². The molecule has 2 N–H and O–H groups in total. The average Bonchev–Trinajstić information content (AvgIpc) is 3.05. The van der Waals surface area contributed by atoms with Gasteiger partial charge in [0.1, 0.15) is 5.69 Å². The summed E-state index contributed by atoms with van der Waals surface area (Å²) >= 11 is 1.69. The van der Waals surface area contributed by atoms with Crippen LogP contribution in [0.4, 0.5) is 0 Å². The Balaban J connectivity index is 1.90. The van der Waals surface area contributed by atoms with Crippen LogP contribution in [0.5, 0.6) is 0 Å². The molecule has 4 nitrogen and oxygen atoms in total. The Labute approximate surface area is 110 Å². The quantitative estimate of drug-likeness (QED) is 0.816. The number of aromatic amines is 1. The summed E-state index contributed by atoms with van der Waals surface area (Å²) in [7, 11) is 1.37. The first-order chi connectivity index (χ1) is 8.70. The molecule has 18 heavy (non-hydrogen) atoms. The Morgan fingerprint density at radius 2 is 2.33 bits per heavy atom. The Kier molecular flexibility index (Phi) is 4.17. The van der Waals surface area contributed by atoms with E-state index < -0.39 is 0 Å². The number of nitrogens with one attached hydrogen (secondary N) is 2. The molecule has 2 heterocycles. The minimum absolute atomic E-state index is 0.293. The molecule has 1 unspecified atom stereocenters. The lowest BCUT2D eigenvalue weighted by atomic mass is 10.2. The maximum absolute atomic E-state index is 11.3. The number of hydrogen-bond donors (Lipinski definition) is 2. The smallest absolute Gasteiger partial charge is 0.354 e. The first-order valence-electron chi connectivity index (χ1n) is 5.72. The lowest BCUT2D eigenvalue weighted by Gasteiger charge is -2.11. The van der Waals surface area contributed by atoms with Crippen molar-refractivity contribution < 1.29 is 9.53 Å². The SMILES string of the molecule is COC(=O)c1ccc(CNC(C)c2ccsc2)[nH]1. The Morgan fingerprint density at radius 3 is 3.00 bits per heavy atom. The molecule has 0 aliphatic heterocycles. The molecular formula is C13H16N2O2S. The molecule has 2 aromatic heterocycles. The normalized spacial score (nSPS) is 12.3. The van der Waals surface area contributed by atoms with Gasteiger partial charge in [0.15, 0.2) is 0 Å². The second-order valence-corrected chi connectivity index (χ2v) is 4.83. The zero-order valence-corrected chi connectivity index (χ0v) is 11.2. The van der Waals surface area contributed by atoms with Crippen molar-refractivity contribution in [2.75, 3.05) is 7.11 Å². The van der Waals surface area contributed by atoms with E-state index in [9.17, 15) is 4.79 Å². The molecule has 0 aliphatic carbocycles. The van der Waals surface area contributed by atoms with Gasteiger partial charge in [0.2, 0.25) is 0 Å². The molecule has 0 radical (unpaired) electrons. The number of aromatic nitrogens is 1. The van der Waals surface area contributed by atoms with Crippen molar-refractivity contribution in [1.29, 1.82) is 0 Å². The van der Waals surface area contributed by atoms with Gasteiger partial charge in [0.25, 0.3) is 0 Å². The van der Waals surface area contributed by atoms with Crippen LogP contribution in [0.3, 0.4) is 0 Å². The molecule has 0 aliphatic rings. The maximum Gasteiger partial charge on any atom is 0.354 e. The van der Waals surface area contributed by atoms with Crippen LogP contribution in [0.2, 0.25) is 0 Å². The summed E-state index contributed by atoms with van der Waals surface area (Å²) in [5.74, 6) is -0.341. The van der Waals surface area contributed by atoms with Crippen molar-refractivity contribution >= 4 is 17.3 Å². The van der Waals surface area contributed by atoms with E-state index in [1.165, 1.54) is 12.7 Å². The highest BCUT2D eigenvalue weighted by atomic mass is 32.1. The fourth-order valence-corrected chi connectivity index (χ4v) is 2.43. The van der Waals surface area contributed by atoms with Crippen molar-refractivity contribution in [1.82, 2.24) is 10.3 Å². The molecule has 5 heteroatoms. The van der Waals surface area contributed by atoms with Crippen molar-refractivity contribution in [3.63, 3.8) is 0 Å². The van der Waals surface area contributed by atoms with E-state index in [2.05, 4.69) is 38.8 Å². The maximum atomic E-state index is 11.3. The third kappa shape index (κ3) is 3.00. The molecule has 96 valence electrons. The van der Waals surface area contributed by atoms with Gasteiger partial charge < -0.3 is 15.0 Å². The first-order valence-corrected chi connectivity index (χ1v) is 6.66. The minimum Gasteiger partial charge on any atom is -0.464 e. The number of H-pyrrole nitrogens is 1. The molecule has 0 saturated carbocycles. The van der Waals surface area contributed by atoms with E-state index in [1.54, 1.807) is 17.4 Å². The lowest BCUT2D eigenvalue weighted by Crippen LogP contribution is -2.17. The van der Waals surface area contributed by atoms with Gasteiger partial charge in [-0.2, -0.15) is 11.3 Å². The summed E-state index contributed by atoms with van der Waals surface area (Å²) in [5.41, 5.74) is 2.73. The third-order valence-electron chi connectivity index (χ3n) is 2.79. The van der Waals surface area contributed by atoms with Gasteiger partial charge in [0, 0.05) is 18.3 Å². The molecule has 2 rings (SSSR count). The van der Waals surface area contributed by atoms with Crippen LogP contribution >= 0.6 is 11.3 Å². The molecule has 0 saturated heterocycles. The highest BCUT2D eigenvalue weighted by Gasteiger charge is 2.09. The summed E-state index contributed by atoms with van der Waals surface area (Å²) in [6.45, 7) is 2.81. The van der Waals surface area contributed by atoms with Crippen LogP contribution in [0, 0.1) is 0 Å². The Bertz CT molecular complexity index is 505. The number of hydrogen-bond acceptors (Lipinski definition) is 4. The van der Waals surface area contributed by atoms with Gasteiger partial charge in [-0.25, -0.2) is 4.79 Å². The van der Waals surface area contributed by atoms with E-state index in [0.29, 0.717) is 18.3 Å². The van der Waals surface area contributed by atoms with Gasteiger partial charge in [-0.3, -0.25) is 0 Å². The fraction of sp³-hybridized carbons (Fsp3) is 0.308. The van der Waals surface area contributed by atoms with E-state index in [-0.39, 0.29) is 5.97 Å². The summed E-state index contributed by atoms with van der Waals surface area (Å²) in [4.78, 5) is 14.3. The topological polar surface area (TPSA) is 54.1 Å². The van der Waals surface area contributed by atoms with Gasteiger partial charge in [-0.05, 0) is 41.4 Å². The van der Waals surface area contributed by atoms with Crippen LogP contribution < -0.4 is 5.32 Å². The van der Waals surface area contributed by atoms with Crippen LogP contribution in [-0.2, 0) is 11.3 Å². The number of methoxy groups -OCH3 is 1. The fourth-order valence-electron chi connectivity index (χ4n) is 1.67. The molecule has 0 bridgehead atoms. The number of carbonyl (C=O) groups is 1. The number of thiophene rings is 1. The third-order valence-corrected chi connectivity index (χ3v) is 3.50. The van der Waals surface area contributed by atoms with Crippen LogP contribution in [0.1, 0.15) is 34.7 Å². The van der Waals surface area contributed by atoms with Crippen molar-refractivity contribution in [3.8, 4) is 0 Å². The molecule has 0 amide bonds. The molecule has 0 spiro atoms. The summed E-state index contributed by atoms with van der Waals surface area (Å²) in [6, 6.07) is 6.02. The van der Waals surface area contributed by atoms with E-state index in [0.717, 1.165) is 5.69 Å². The summed E-state index contributed by atoms with van der Waals surface area (Å²) in [6.07, 6.45) is 0. The second kappa shape index (κ2) is 5.84. The number of rotatable bonds is 5. The number of esters is 1.